The Kier molecular flexibility index (Phi) is 17.3. The standard InChI is InChI=1S/C51H75N7O11/c1-13-21-56(11)39-24-32(4)67-51(10,45(39)61)68-46-34(6)43(66-41(59)25-38-19-15-16-20-52-38)35(7)47(62)65-40(14-2)50(9)44(33(5)42(60)31(3)26-49(46,8)64-12)58(48(63)69-50)23-18-17-22-57-30-37(29-55-57)36-27-53-54-28-36/h13,15-16,19-20,27-35,39-40,43-46,61H,1,14,17-18,21-26H2,2-12H3,(H,53,54)/t31-,32-,33+,34+,35-,39+,40-,43?,44-,45-,46-,49-,50-,51+/m1/s1. The lowest BCUT2D eigenvalue weighted by Gasteiger charge is -2.52. The Morgan fingerprint density at radius 2 is 1.80 bits per heavy atom. The van der Waals surface area contributed by atoms with Crippen molar-refractivity contribution in [2.45, 2.75) is 167 Å². The number of fused-ring (bicyclic) bond motifs is 1. The normalized spacial score (nSPS) is 34.7. The molecule has 14 atom stereocenters. The average Bonchev–Trinajstić information content (AvgIpc) is 4.08. The number of amides is 1. The number of H-pyrrole nitrogens is 1. The van der Waals surface area contributed by atoms with Gasteiger partial charge in [-0.15, -0.1) is 6.58 Å². The topological polar surface area (TPSA) is 210 Å². The molecule has 6 rings (SSSR count). The van der Waals surface area contributed by atoms with Crippen molar-refractivity contribution < 1.29 is 52.7 Å². The Labute approximate surface area is 406 Å². The number of likely N-dealkylation sites (N-methyl/N-ethyl adjacent to an activating group) is 1. The maximum absolute atomic E-state index is 15.1. The summed E-state index contributed by atoms with van der Waals surface area (Å²) in [5, 5.41) is 23.5. The van der Waals surface area contributed by atoms with E-state index in [1.165, 1.54) is 7.11 Å². The first kappa shape index (κ1) is 53.3. The van der Waals surface area contributed by atoms with E-state index in [1.807, 2.05) is 50.5 Å². The zero-order valence-electron chi connectivity index (χ0n) is 42.3. The van der Waals surface area contributed by atoms with E-state index < -0.39 is 95.2 Å². The highest BCUT2D eigenvalue weighted by atomic mass is 16.7. The number of rotatable bonds is 16. The molecular formula is C51H75N7O11. The Bertz CT molecular complexity index is 2210. The first-order valence-corrected chi connectivity index (χ1v) is 24.4. The third-order valence-corrected chi connectivity index (χ3v) is 14.9. The second-order valence-electron chi connectivity index (χ2n) is 20.1. The van der Waals surface area contributed by atoms with Gasteiger partial charge in [0.1, 0.15) is 24.1 Å². The van der Waals surface area contributed by atoms with Crippen LogP contribution in [-0.4, -0.2) is 151 Å². The Hall–Kier alpha value is -5.01. The maximum atomic E-state index is 15.1. The van der Waals surface area contributed by atoms with Gasteiger partial charge in [-0.3, -0.25) is 34.0 Å². The molecule has 69 heavy (non-hydrogen) atoms. The zero-order chi connectivity index (χ0) is 50.4. The van der Waals surface area contributed by atoms with Crippen molar-refractivity contribution in [3.63, 3.8) is 0 Å². The number of carbonyl (C=O) groups excluding carboxylic acids is 4. The number of aliphatic hydroxyl groups is 1. The highest BCUT2D eigenvalue weighted by Gasteiger charge is 2.61. The molecule has 3 aliphatic rings. The number of hydrogen-bond acceptors (Lipinski definition) is 15. The molecule has 3 aliphatic heterocycles. The SMILES string of the molecule is C=CCN(C)[C@H]1C[C@@H](C)O[C@@](C)(O[C@@H]2[C@@H](C)C(OC(=O)Cc3ccccn3)[C@@H](C)C(=O)O[C@H](CC)[C@@]3(C)OC(=O)N(CCCCn4cc(-c5cn[nH]c5)cn4)[C@@H]3[C@@H](C)C(=O)[C@H](C)C[C@@]2(C)OC)[C@@H]1O. The van der Waals surface area contributed by atoms with Gasteiger partial charge in [-0.1, -0.05) is 39.8 Å². The number of pyridine rings is 1. The molecule has 3 saturated heterocycles. The van der Waals surface area contributed by atoms with Gasteiger partial charge in [0.25, 0.3) is 0 Å². The largest absolute Gasteiger partial charge is 0.461 e. The molecule has 18 nitrogen and oxygen atoms in total. The molecule has 0 radical (unpaired) electrons. The summed E-state index contributed by atoms with van der Waals surface area (Å²) in [5.41, 5.74) is -0.484. The summed E-state index contributed by atoms with van der Waals surface area (Å²) >= 11 is 0. The number of nitrogens with zero attached hydrogens (tertiary/aromatic N) is 6. The number of aliphatic hydroxyl groups excluding tert-OH is 1. The van der Waals surface area contributed by atoms with E-state index in [-0.39, 0.29) is 37.7 Å². The smallest absolute Gasteiger partial charge is 0.410 e. The minimum absolute atomic E-state index is 0.0940. The Balaban J connectivity index is 1.37. The van der Waals surface area contributed by atoms with Crippen LogP contribution >= 0.6 is 0 Å². The molecule has 0 bridgehead atoms. The lowest BCUT2D eigenvalue weighted by molar-refractivity contribution is -0.358. The van der Waals surface area contributed by atoms with Crippen molar-refractivity contribution in [3.8, 4) is 11.1 Å². The van der Waals surface area contributed by atoms with Crippen LogP contribution in [0.3, 0.4) is 0 Å². The van der Waals surface area contributed by atoms with Crippen molar-refractivity contribution >= 4 is 23.8 Å². The van der Waals surface area contributed by atoms with E-state index in [4.69, 9.17) is 28.4 Å². The molecule has 6 heterocycles. The average molecular weight is 962 g/mol. The monoisotopic (exact) mass is 962 g/mol. The van der Waals surface area contributed by atoms with Gasteiger partial charge in [0.15, 0.2) is 11.4 Å². The number of ether oxygens (including phenoxy) is 6. The number of Topliss-reactive ketones (excluding diaryl/α,β-unsaturated/α-hetero) is 1. The summed E-state index contributed by atoms with van der Waals surface area (Å²) in [5.74, 6) is -6.64. The fraction of sp³-hybridized carbons (Fsp3) is 0.667. The van der Waals surface area contributed by atoms with Gasteiger partial charge in [0, 0.05) is 80.3 Å². The molecule has 0 aliphatic carbocycles. The van der Waals surface area contributed by atoms with Gasteiger partial charge < -0.3 is 38.4 Å². The predicted molar refractivity (Wildman–Crippen MR) is 255 cm³/mol. The van der Waals surface area contributed by atoms with Crippen LogP contribution in [0.15, 0.2) is 61.8 Å². The third kappa shape index (κ3) is 11.6. The lowest BCUT2D eigenvalue weighted by atomic mass is 9.73. The molecule has 2 N–H and O–H groups in total. The molecule has 18 heteroatoms. The second-order valence-corrected chi connectivity index (χ2v) is 20.1. The summed E-state index contributed by atoms with van der Waals surface area (Å²) in [6, 6.07) is 3.99. The first-order chi connectivity index (χ1) is 32.7. The Morgan fingerprint density at radius 1 is 1.06 bits per heavy atom. The zero-order valence-corrected chi connectivity index (χ0v) is 42.3. The van der Waals surface area contributed by atoms with E-state index in [2.05, 4.69) is 26.9 Å². The summed E-state index contributed by atoms with van der Waals surface area (Å²) < 4.78 is 41.0. The molecule has 0 spiro atoms. The number of aromatic amines is 1. The van der Waals surface area contributed by atoms with Gasteiger partial charge in [-0.25, -0.2) is 4.79 Å². The molecule has 1 unspecified atom stereocenters. The Morgan fingerprint density at radius 3 is 2.45 bits per heavy atom. The first-order valence-electron chi connectivity index (χ1n) is 24.4. The van der Waals surface area contributed by atoms with Crippen LogP contribution in [0.4, 0.5) is 4.79 Å². The molecule has 1 amide bonds. The number of cyclic esters (lactones) is 1. The number of ketones is 1. The summed E-state index contributed by atoms with van der Waals surface area (Å²) in [7, 11) is 3.42. The second kappa shape index (κ2) is 22.4. The fourth-order valence-corrected chi connectivity index (χ4v) is 11.1. The summed E-state index contributed by atoms with van der Waals surface area (Å²) in [4.78, 5) is 66.0. The van der Waals surface area contributed by atoms with Crippen molar-refractivity contribution in [1.82, 2.24) is 34.8 Å². The van der Waals surface area contributed by atoms with Crippen molar-refractivity contribution in [1.29, 1.82) is 0 Å². The van der Waals surface area contributed by atoms with Crippen molar-refractivity contribution in [2.75, 3.05) is 27.2 Å². The van der Waals surface area contributed by atoms with Gasteiger partial charge in [0.05, 0.1) is 54.3 Å². The van der Waals surface area contributed by atoms with Crippen LogP contribution in [0, 0.1) is 23.7 Å². The predicted octanol–water partition coefficient (Wildman–Crippen LogP) is 6.18. The van der Waals surface area contributed by atoms with Gasteiger partial charge >= 0.3 is 18.0 Å². The molecule has 3 aromatic heterocycles. The van der Waals surface area contributed by atoms with Crippen LogP contribution in [-0.2, 0) is 55.8 Å². The van der Waals surface area contributed by atoms with Crippen LogP contribution in [0.1, 0.15) is 100 Å². The van der Waals surface area contributed by atoms with Crippen LogP contribution in [0.25, 0.3) is 11.1 Å². The molecule has 0 saturated carbocycles. The summed E-state index contributed by atoms with van der Waals surface area (Å²) in [6.45, 7) is 21.3. The highest BCUT2D eigenvalue weighted by molar-refractivity contribution is 5.85. The van der Waals surface area contributed by atoms with Gasteiger partial charge in [-0.2, -0.15) is 10.2 Å². The number of unbranched alkanes of at least 4 members (excludes halogenated alkanes) is 1. The number of aryl methyl sites for hydroxylation is 1. The number of aromatic nitrogens is 5. The minimum atomic E-state index is -1.65. The maximum Gasteiger partial charge on any atom is 0.410 e. The number of nitrogens with one attached hydrogen (secondary N) is 1. The third-order valence-electron chi connectivity index (χ3n) is 14.9. The molecule has 3 fully saturated rings. The van der Waals surface area contributed by atoms with E-state index >= 15 is 4.79 Å². The summed E-state index contributed by atoms with van der Waals surface area (Å²) in [6.07, 6.45) is 7.01. The van der Waals surface area contributed by atoms with E-state index in [1.54, 1.807) is 88.6 Å². The molecule has 380 valence electrons. The number of carbonyl (C=O) groups is 4. The number of methoxy groups -OCH3 is 1. The lowest BCUT2D eigenvalue weighted by Crippen LogP contribution is -2.65. The van der Waals surface area contributed by atoms with Crippen molar-refractivity contribution in [2.24, 2.45) is 23.7 Å². The number of esters is 2. The van der Waals surface area contributed by atoms with Crippen molar-refractivity contribution in [3.05, 3.63) is 67.5 Å². The highest BCUT2D eigenvalue weighted by Crippen LogP contribution is 2.45. The number of hydrogen-bond donors (Lipinski definition) is 2. The molecule has 3 aromatic rings. The molecular weight excluding hydrogens is 887 g/mol. The van der Waals surface area contributed by atoms with Gasteiger partial charge in [0.2, 0.25) is 0 Å². The quantitative estimate of drug-likeness (QED) is 0.0711. The van der Waals surface area contributed by atoms with E-state index in [9.17, 15) is 19.5 Å². The fourth-order valence-electron chi connectivity index (χ4n) is 11.1. The van der Waals surface area contributed by atoms with Gasteiger partial charge in [-0.05, 0) is 85.9 Å². The molecule has 0 aromatic carbocycles. The van der Waals surface area contributed by atoms with E-state index in [0.29, 0.717) is 38.0 Å². The minimum Gasteiger partial charge on any atom is -0.461 e. The van der Waals surface area contributed by atoms with E-state index in [0.717, 1.165) is 11.1 Å². The van der Waals surface area contributed by atoms with Crippen LogP contribution in [0.5, 0.6) is 0 Å². The van der Waals surface area contributed by atoms with Crippen LogP contribution < -0.4 is 0 Å². The van der Waals surface area contributed by atoms with Crippen LogP contribution in [0.2, 0.25) is 0 Å².